The minimum atomic E-state index is 0.0743. The van der Waals surface area contributed by atoms with Gasteiger partial charge in [0.25, 0.3) is 0 Å². The third-order valence-corrected chi connectivity index (χ3v) is 5.24. The summed E-state index contributed by atoms with van der Waals surface area (Å²) in [5.41, 5.74) is 0.702. The number of hydrogen-bond acceptors (Lipinski definition) is 1. The topological polar surface area (TPSA) is 17.1 Å². The Kier molecular flexibility index (Phi) is 14.2. The third kappa shape index (κ3) is 13.3. The first-order chi connectivity index (χ1) is 11.8. The summed E-state index contributed by atoms with van der Waals surface area (Å²) in [5, 5.41) is 0. The van der Waals surface area contributed by atoms with Crippen LogP contribution in [0, 0.1) is 0 Å². The van der Waals surface area contributed by atoms with Crippen molar-refractivity contribution in [3.63, 3.8) is 0 Å². The molecule has 2 heteroatoms. The maximum atomic E-state index is 12.3. The van der Waals surface area contributed by atoms with E-state index < -0.39 is 0 Å². The second kappa shape index (κ2) is 14.5. The molecule has 0 amide bonds. The van der Waals surface area contributed by atoms with Crippen LogP contribution in [0.4, 0.5) is 0 Å². The summed E-state index contributed by atoms with van der Waals surface area (Å²) in [4.78, 5) is 12.3. The lowest BCUT2D eigenvalue weighted by Gasteiger charge is -2.33. The number of likely N-dealkylation sites (N-methyl/N-ethyl adjacent to an activating group) is 1. The van der Waals surface area contributed by atoms with Crippen LogP contribution in [0.25, 0.3) is 0 Å². The molecule has 0 aromatic heterocycles. The molecule has 0 aliphatic heterocycles. The van der Waals surface area contributed by atoms with E-state index in [4.69, 9.17) is 0 Å². The molecule has 1 unspecified atom stereocenters. The SMILES string of the molecule is C=C(C)C(=O)C(CCCCCCCCCCCCCCC)[N+](C)(C)C. The predicted molar refractivity (Wildman–Crippen MR) is 112 cm³/mol. The van der Waals surface area contributed by atoms with Crippen molar-refractivity contribution in [3.05, 3.63) is 12.2 Å². The molecule has 0 aliphatic carbocycles. The molecule has 0 aliphatic rings. The van der Waals surface area contributed by atoms with Gasteiger partial charge in [0, 0.05) is 6.42 Å². The fourth-order valence-electron chi connectivity index (χ4n) is 3.51. The lowest BCUT2D eigenvalue weighted by atomic mass is 9.97. The van der Waals surface area contributed by atoms with Crippen molar-refractivity contribution in [2.45, 2.75) is 110 Å². The smallest absolute Gasteiger partial charge is 0.215 e. The molecule has 0 aromatic carbocycles. The second-order valence-corrected chi connectivity index (χ2v) is 8.81. The number of hydrogen-bond donors (Lipinski definition) is 0. The summed E-state index contributed by atoms with van der Waals surface area (Å²) in [6, 6.07) is 0.0743. The number of quaternary nitrogens is 1. The summed E-state index contributed by atoms with van der Waals surface area (Å²) < 4.78 is 0.712. The molecule has 2 nitrogen and oxygen atoms in total. The van der Waals surface area contributed by atoms with E-state index in [0.29, 0.717) is 10.1 Å². The van der Waals surface area contributed by atoms with E-state index in [0.717, 1.165) is 12.8 Å². The average Bonchev–Trinajstić information content (AvgIpc) is 2.53. The van der Waals surface area contributed by atoms with Gasteiger partial charge in [-0.05, 0) is 18.9 Å². The maximum absolute atomic E-state index is 12.3. The van der Waals surface area contributed by atoms with E-state index in [9.17, 15) is 4.79 Å². The van der Waals surface area contributed by atoms with Crippen molar-refractivity contribution < 1.29 is 9.28 Å². The van der Waals surface area contributed by atoms with Crippen molar-refractivity contribution in [1.29, 1.82) is 0 Å². The van der Waals surface area contributed by atoms with E-state index in [1.165, 1.54) is 77.0 Å². The Morgan fingerprint density at radius 3 is 1.44 bits per heavy atom. The molecular formula is C23H46NO+. The Morgan fingerprint density at radius 2 is 1.12 bits per heavy atom. The minimum Gasteiger partial charge on any atom is -0.322 e. The van der Waals surface area contributed by atoms with Crippen LogP contribution in [0.3, 0.4) is 0 Å². The van der Waals surface area contributed by atoms with E-state index in [2.05, 4.69) is 34.6 Å². The van der Waals surface area contributed by atoms with Gasteiger partial charge in [-0.15, -0.1) is 0 Å². The number of rotatable bonds is 17. The lowest BCUT2D eigenvalue weighted by molar-refractivity contribution is -0.886. The highest BCUT2D eigenvalue weighted by Crippen LogP contribution is 2.18. The number of carbonyl (C=O) groups is 1. The van der Waals surface area contributed by atoms with Crippen LogP contribution in [0.2, 0.25) is 0 Å². The van der Waals surface area contributed by atoms with Crippen LogP contribution in [0.5, 0.6) is 0 Å². The largest absolute Gasteiger partial charge is 0.322 e. The fourth-order valence-corrected chi connectivity index (χ4v) is 3.51. The van der Waals surface area contributed by atoms with Crippen molar-refractivity contribution >= 4 is 5.78 Å². The molecule has 0 saturated carbocycles. The molecule has 148 valence electrons. The molecule has 1 atom stereocenters. The summed E-state index contributed by atoms with van der Waals surface area (Å²) >= 11 is 0. The molecule has 0 radical (unpaired) electrons. The zero-order chi connectivity index (χ0) is 19.1. The molecular weight excluding hydrogens is 306 g/mol. The number of Topliss-reactive ketones (excluding diaryl/α,β-unsaturated/α-hetero) is 1. The normalized spacial score (nSPS) is 13.0. The van der Waals surface area contributed by atoms with E-state index in [1.807, 2.05) is 6.92 Å². The van der Waals surface area contributed by atoms with E-state index in [-0.39, 0.29) is 11.8 Å². The van der Waals surface area contributed by atoms with Crippen LogP contribution in [-0.4, -0.2) is 37.5 Å². The molecule has 0 heterocycles. The van der Waals surface area contributed by atoms with Gasteiger partial charge in [-0.2, -0.15) is 0 Å². The fraction of sp³-hybridized carbons (Fsp3) is 0.870. The second-order valence-electron chi connectivity index (χ2n) is 8.81. The minimum absolute atomic E-state index is 0.0743. The highest BCUT2D eigenvalue weighted by molar-refractivity contribution is 5.97. The third-order valence-electron chi connectivity index (χ3n) is 5.24. The Labute approximate surface area is 158 Å². The van der Waals surface area contributed by atoms with Gasteiger partial charge in [0.2, 0.25) is 5.78 Å². The Hall–Kier alpha value is -0.630. The molecule has 0 rings (SSSR count). The maximum Gasteiger partial charge on any atom is 0.215 e. The Balaban J connectivity index is 3.61. The Morgan fingerprint density at radius 1 is 0.760 bits per heavy atom. The predicted octanol–water partition coefficient (Wildman–Crippen LogP) is 6.69. The van der Waals surface area contributed by atoms with E-state index >= 15 is 0 Å². The van der Waals surface area contributed by atoms with Gasteiger partial charge in [-0.1, -0.05) is 90.6 Å². The van der Waals surface area contributed by atoms with Crippen molar-refractivity contribution in [2.75, 3.05) is 21.1 Å². The zero-order valence-corrected chi connectivity index (χ0v) is 18.0. The molecule has 0 spiro atoms. The number of ketones is 1. The van der Waals surface area contributed by atoms with Gasteiger partial charge < -0.3 is 4.48 Å². The van der Waals surface area contributed by atoms with Crippen LogP contribution in [0.15, 0.2) is 12.2 Å². The first-order valence-corrected chi connectivity index (χ1v) is 10.8. The van der Waals surface area contributed by atoms with Crippen LogP contribution < -0.4 is 0 Å². The van der Waals surface area contributed by atoms with Crippen LogP contribution in [-0.2, 0) is 4.79 Å². The highest BCUT2D eigenvalue weighted by Gasteiger charge is 2.30. The van der Waals surface area contributed by atoms with Crippen LogP contribution in [0.1, 0.15) is 104 Å². The number of unbranched alkanes of at least 4 members (excludes halogenated alkanes) is 12. The summed E-state index contributed by atoms with van der Waals surface area (Å²) in [5.74, 6) is 0.242. The molecule has 25 heavy (non-hydrogen) atoms. The van der Waals surface area contributed by atoms with Crippen LogP contribution >= 0.6 is 0 Å². The number of nitrogens with zero attached hydrogens (tertiary/aromatic N) is 1. The molecule has 0 N–H and O–H groups in total. The summed E-state index contributed by atoms with van der Waals surface area (Å²) in [7, 11) is 6.36. The molecule has 0 fully saturated rings. The van der Waals surface area contributed by atoms with Crippen molar-refractivity contribution in [3.8, 4) is 0 Å². The monoisotopic (exact) mass is 352 g/mol. The lowest BCUT2D eigenvalue weighted by Crippen LogP contribution is -2.50. The quantitative estimate of drug-likeness (QED) is 0.162. The Bertz CT molecular complexity index is 354. The van der Waals surface area contributed by atoms with Gasteiger partial charge in [0.05, 0.1) is 21.1 Å². The van der Waals surface area contributed by atoms with Crippen molar-refractivity contribution in [1.82, 2.24) is 0 Å². The number of carbonyl (C=O) groups excluding carboxylic acids is 1. The van der Waals surface area contributed by atoms with Gasteiger partial charge in [-0.3, -0.25) is 4.79 Å². The van der Waals surface area contributed by atoms with E-state index in [1.54, 1.807) is 0 Å². The molecule has 0 bridgehead atoms. The summed E-state index contributed by atoms with van der Waals surface area (Å²) in [6.07, 6.45) is 18.8. The first kappa shape index (κ1) is 24.4. The highest BCUT2D eigenvalue weighted by atomic mass is 16.1. The first-order valence-electron chi connectivity index (χ1n) is 10.8. The molecule has 0 saturated heterocycles. The van der Waals surface area contributed by atoms with Gasteiger partial charge in [0.15, 0.2) is 6.04 Å². The van der Waals surface area contributed by atoms with Gasteiger partial charge in [0.1, 0.15) is 0 Å². The molecule has 0 aromatic rings. The van der Waals surface area contributed by atoms with Gasteiger partial charge in [-0.25, -0.2) is 0 Å². The van der Waals surface area contributed by atoms with Crippen molar-refractivity contribution in [2.24, 2.45) is 0 Å². The summed E-state index contributed by atoms with van der Waals surface area (Å²) in [6.45, 7) is 7.96. The average molecular weight is 353 g/mol. The standard InChI is InChI=1S/C23H46NO/c1-7-8-9-10-11-12-13-14-15-16-17-18-19-20-22(24(4,5)6)23(25)21(2)3/h22H,2,7-20H2,1,3-6H3/q+1. The zero-order valence-electron chi connectivity index (χ0n) is 18.0. The van der Waals surface area contributed by atoms with Gasteiger partial charge >= 0.3 is 0 Å².